The average molecular weight is 262 g/mol. The van der Waals surface area contributed by atoms with Crippen LogP contribution in [0, 0.1) is 0 Å². The molecule has 0 aliphatic carbocycles. The molecule has 0 bridgehead atoms. The molecule has 0 rings (SSSR count). The minimum Gasteiger partial charge on any atom is -0.462 e. The van der Waals surface area contributed by atoms with Gasteiger partial charge >= 0.3 is 11.9 Å². The summed E-state index contributed by atoms with van der Waals surface area (Å²) in [4.78, 5) is 22.9. The minimum atomic E-state index is -2.18. The molecule has 0 radical (unpaired) electrons. The number of ether oxygens (including phenoxy) is 2. The summed E-state index contributed by atoms with van der Waals surface area (Å²) in [6, 6.07) is 0. The van der Waals surface area contributed by atoms with Gasteiger partial charge in [0.15, 0.2) is 0 Å². The third-order valence-corrected chi connectivity index (χ3v) is 2.34. The fourth-order valence-corrected chi connectivity index (χ4v) is 1.33. The first-order valence-electron chi connectivity index (χ1n) is 5.15. The monoisotopic (exact) mass is 262 g/mol. The quantitative estimate of drug-likeness (QED) is 0.236. The fourth-order valence-electron chi connectivity index (χ4n) is 0.869. The van der Waals surface area contributed by atoms with Crippen LogP contribution in [-0.4, -0.2) is 47.2 Å². The van der Waals surface area contributed by atoms with E-state index in [-0.39, 0.29) is 18.8 Å². The first-order chi connectivity index (χ1) is 7.81. The normalized spacial score (nSPS) is 10.4. The zero-order chi connectivity index (χ0) is 13.5. The van der Waals surface area contributed by atoms with Gasteiger partial charge in [-0.1, -0.05) is 0 Å². The van der Waals surface area contributed by atoms with Crippen LogP contribution in [0.15, 0.2) is 11.6 Å². The lowest BCUT2D eigenvalue weighted by Crippen LogP contribution is -2.19. The first kappa shape index (κ1) is 15.7. The Kier molecular flexibility index (Phi) is 6.57. The van der Waals surface area contributed by atoms with E-state index in [2.05, 4.69) is 0 Å². The summed E-state index contributed by atoms with van der Waals surface area (Å²) in [5, 5.41) is 1.30. The Morgan fingerprint density at radius 1 is 1.06 bits per heavy atom. The van der Waals surface area contributed by atoms with E-state index >= 15 is 0 Å². The number of allylic oxidation sites excluding steroid dienone is 1. The molecule has 5 nitrogen and oxygen atoms in total. The zero-order valence-corrected chi connectivity index (χ0v) is 11.3. The van der Waals surface area contributed by atoms with E-state index in [0.29, 0.717) is 0 Å². The lowest BCUT2D eigenvalue weighted by molar-refractivity contribution is -0.146. The molecule has 17 heavy (non-hydrogen) atoms. The summed E-state index contributed by atoms with van der Waals surface area (Å²) in [5.41, 5.74) is -0.245. The van der Waals surface area contributed by atoms with Crippen LogP contribution < -0.4 is 0 Å². The summed E-state index contributed by atoms with van der Waals surface area (Å²) < 4.78 is 20.9. The van der Waals surface area contributed by atoms with Crippen molar-refractivity contribution in [3.05, 3.63) is 11.6 Å². The van der Waals surface area contributed by atoms with Gasteiger partial charge < -0.3 is 9.47 Å². The van der Waals surface area contributed by atoms with E-state index in [1.54, 1.807) is 13.8 Å². The van der Waals surface area contributed by atoms with Crippen LogP contribution in [0.25, 0.3) is 0 Å². The van der Waals surface area contributed by atoms with Gasteiger partial charge in [-0.05, 0) is 34.8 Å². The van der Waals surface area contributed by atoms with Crippen molar-refractivity contribution < 1.29 is 23.3 Å². The van der Waals surface area contributed by atoms with E-state index in [1.807, 2.05) is 0 Å². The van der Waals surface area contributed by atoms with Gasteiger partial charge in [-0.3, -0.25) is 4.21 Å². The van der Waals surface area contributed by atoms with Gasteiger partial charge in [0, 0.05) is 12.5 Å². The Morgan fingerprint density at radius 2 is 1.47 bits per heavy atom. The molecule has 0 aromatic heterocycles. The molecular formula is C11H18O5S. The second-order valence-electron chi connectivity index (χ2n) is 3.47. The third-order valence-electron chi connectivity index (χ3n) is 1.55. The van der Waals surface area contributed by atoms with Crippen molar-refractivity contribution in [1.82, 2.24) is 0 Å². The predicted octanol–water partition coefficient (Wildman–Crippen LogP) is 0.385. The molecule has 0 aromatic rings. The molecule has 0 N–H and O–H groups in total. The van der Waals surface area contributed by atoms with Crippen molar-refractivity contribution in [2.75, 3.05) is 25.7 Å². The average Bonchev–Trinajstić information content (AvgIpc) is 2.16. The van der Waals surface area contributed by atoms with Crippen molar-refractivity contribution in [3.8, 4) is 0 Å². The summed E-state index contributed by atoms with van der Waals surface area (Å²) in [6.45, 7) is 3.58. The second kappa shape index (κ2) is 7.11. The summed E-state index contributed by atoms with van der Waals surface area (Å²) in [5.74, 6) is -1.54. The Morgan fingerprint density at radius 3 is 1.76 bits per heavy atom. The van der Waals surface area contributed by atoms with Crippen LogP contribution in [0.4, 0.5) is 0 Å². The lowest BCUT2D eigenvalue weighted by Gasteiger charge is -2.05. The van der Waals surface area contributed by atoms with Crippen molar-refractivity contribution in [3.63, 3.8) is 0 Å². The maximum Gasteiger partial charge on any atom is 0.345 e. The molecule has 6 heteroatoms. The molecule has 0 spiro atoms. The Labute approximate surface area is 102 Å². The van der Waals surface area contributed by atoms with Gasteiger partial charge in [0.2, 0.25) is 0 Å². The molecule has 0 heterocycles. The second-order valence-corrected chi connectivity index (χ2v) is 6.36. The summed E-state index contributed by atoms with van der Waals surface area (Å²) in [6.07, 6.45) is 4.19. The molecule has 0 saturated carbocycles. The van der Waals surface area contributed by atoms with Gasteiger partial charge in [0.1, 0.15) is 5.57 Å². The maximum absolute atomic E-state index is 11.5. The number of carbonyl (C=O) groups excluding carboxylic acids is 2. The summed E-state index contributed by atoms with van der Waals surface area (Å²) in [7, 11) is -2.18. The number of carbonyl (C=O) groups is 2. The van der Waals surface area contributed by atoms with Gasteiger partial charge in [0.25, 0.3) is 0 Å². The highest BCUT2D eigenvalue weighted by Crippen LogP contribution is 2.01. The molecule has 0 fully saturated rings. The standard InChI is InChI=1S/C11H18O5S/c1-5-15-10(12)9(11(13)16-6-2)7-8-17(3,4)14/h7-8H,5-6H2,1-4H3. The Bertz CT molecular complexity index is 399. The number of hydrogen-bond acceptors (Lipinski definition) is 5. The van der Waals surface area contributed by atoms with Crippen LogP contribution in [-0.2, 0) is 28.6 Å². The van der Waals surface area contributed by atoms with Crippen molar-refractivity contribution in [1.29, 1.82) is 0 Å². The molecule has 98 valence electrons. The highest BCUT2D eigenvalue weighted by molar-refractivity contribution is 8.00. The molecule has 0 unspecified atom stereocenters. The van der Waals surface area contributed by atoms with Crippen molar-refractivity contribution in [2.24, 2.45) is 0 Å². The van der Waals surface area contributed by atoms with E-state index < -0.39 is 21.5 Å². The van der Waals surface area contributed by atoms with Crippen molar-refractivity contribution in [2.45, 2.75) is 13.8 Å². The Hall–Kier alpha value is -1.30. The maximum atomic E-state index is 11.5. The number of esters is 2. The molecule has 0 aromatic carbocycles. The van der Waals surface area contributed by atoms with Gasteiger partial charge in [-0.15, -0.1) is 0 Å². The fraction of sp³-hybridized carbons (Fsp3) is 0.545. The van der Waals surface area contributed by atoms with Gasteiger partial charge in [-0.25, -0.2) is 9.59 Å². The molecule has 0 atom stereocenters. The molecule has 0 amide bonds. The van der Waals surface area contributed by atoms with Crippen LogP contribution >= 0.6 is 0 Å². The predicted molar refractivity (Wildman–Crippen MR) is 67.4 cm³/mol. The topological polar surface area (TPSA) is 69.7 Å². The first-order valence-corrected chi connectivity index (χ1v) is 7.59. The van der Waals surface area contributed by atoms with Crippen LogP contribution in [0.3, 0.4) is 0 Å². The molecule has 0 aliphatic heterocycles. The number of hydrogen-bond donors (Lipinski definition) is 0. The number of rotatable bonds is 5. The zero-order valence-electron chi connectivity index (χ0n) is 10.5. The van der Waals surface area contributed by atoms with E-state index in [0.717, 1.165) is 0 Å². The van der Waals surface area contributed by atoms with E-state index in [4.69, 9.17) is 9.47 Å². The van der Waals surface area contributed by atoms with Crippen LogP contribution in [0.2, 0.25) is 0 Å². The van der Waals surface area contributed by atoms with E-state index in [1.165, 1.54) is 24.0 Å². The highest BCUT2D eigenvalue weighted by Gasteiger charge is 2.20. The van der Waals surface area contributed by atoms with Crippen LogP contribution in [0.1, 0.15) is 13.8 Å². The van der Waals surface area contributed by atoms with Crippen molar-refractivity contribution >= 4 is 26.8 Å². The smallest absolute Gasteiger partial charge is 0.345 e. The van der Waals surface area contributed by atoms with Crippen LogP contribution in [0.5, 0.6) is 0 Å². The third kappa shape index (κ3) is 6.78. The molecule has 0 aliphatic rings. The van der Waals surface area contributed by atoms with Gasteiger partial charge in [-0.2, -0.15) is 0 Å². The van der Waals surface area contributed by atoms with E-state index in [9.17, 15) is 13.8 Å². The Balaban J connectivity index is 5.19. The molecule has 0 saturated heterocycles. The minimum absolute atomic E-state index is 0.156. The lowest BCUT2D eigenvalue weighted by atomic mass is 10.2. The SMILES string of the molecule is CCOC(=O)C(=CC=S(C)(C)=O)C(=O)OCC. The van der Waals surface area contributed by atoms with Gasteiger partial charge in [0.05, 0.1) is 13.2 Å². The summed E-state index contributed by atoms with van der Waals surface area (Å²) >= 11 is 0. The largest absolute Gasteiger partial charge is 0.462 e. The highest BCUT2D eigenvalue weighted by atomic mass is 32.2. The molecular weight excluding hydrogens is 244 g/mol.